The van der Waals surface area contributed by atoms with Gasteiger partial charge in [-0.3, -0.25) is 4.79 Å². The third-order valence-electron chi connectivity index (χ3n) is 2.29. The quantitative estimate of drug-likeness (QED) is 0.512. The number of carbonyl (C=O) groups excluding carboxylic acids is 1. The average Bonchev–Trinajstić information content (AvgIpc) is 2.26. The molecule has 0 radical (unpaired) electrons. The highest BCUT2D eigenvalue weighted by atomic mass is 16.1. The first-order chi connectivity index (χ1) is 6.77. The van der Waals surface area contributed by atoms with Gasteiger partial charge in [-0.05, 0) is 24.0 Å². The van der Waals surface area contributed by atoms with E-state index in [0.29, 0.717) is 5.57 Å². The van der Waals surface area contributed by atoms with Crippen molar-refractivity contribution >= 4 is 11.9 Å². The molecule has 1 nitrogen and oxygen atoms in total. The van der Waals surface area contributed by atoms with Crippen LogP contribution < -0.4 is 0 Å². The molecule has 0 atom stereocenters. The number of hydrogen-bond donors (Lipinski definition) is 0. The van der Waals surface area contributed by atoms with Crippen LogP contribution in [0.2, 0.25) is 0 Å². The monoisotopic (exact) mass is 188 g/mol. The van der Waals surface area contributed by atoms with Crippen molar-refractivity contribution in [2.24, 2.45) is 0 Å². The first-order valence-electron chi connectivity index (χ1n) is 5.01. The normalized spacial score (nSPS) is 9.79. The molecule has 1 rings (SSSR count). The Morgan fingerprint density at radius 2 is 2.00 bits per heavy atom. The van der Waals surface area contributed by atoms with Crippen LogP contribution in [0.3, 0.4) is 0 Å². The molecule has 0 spiro atoms. The summed E-state index contributed by atoms with van der Waals surface area (Å²) >= 11 is 0. The molecule has 1 heteroatoms. The summed E-state index contributed by atoms with van der Waals surface area (Å²) in [5.41, 5.74) is 2.79. The molecule has 0 bridgehead atoms. The summed E-state index contributed by atoms with van der Waals surface area (Å²) in [6, 6.07) is 8.06. The van der Waals surface area contributed by atoms with Crippen LogP contribution in [0, 0.1) is 0 Å². The zero-order valence-corrected chi connectivity index (χ0v) is 8.62. The van der Waals surface area contributed by atoms with Crippen molar-refractivity contribution in [2.45, 2.75) is 26.2 Å². The zero-order valence-electron chi connectivity index (χ0n) is 8.62. The van der Waals surface area contributed by atoms with Crippen LogP contribution in [-0.2, 0) is 11.2 Å². The molecule has 0 aromatic heterocycles. The molecule has 0 N–H and O–H groups in total. The summed E-state index contributed by atoms with van der Waals surface area (Å²) in [4.78, 5) is 10.5. The van der Waals surface area contributed by atoms with Crippen molar-refractivity contribution in [1.82, 2.24) is 0 Å². The van der Waals surface area contributed by atoms with Crippen molar-refractivity contribution in [1.29, 1.82) is 0 Å². The maximum atomic E-state index is 10.5. The lowest BCUT2D eigenvalue weighted by Gasteiger charge is -2.02. The molecule has 0 fully saturated rings. The first-order valence-corrected chi connectivity index (χ1v) is 5.01. The van der Waals surface area contributed by atoms with E-state index in [1.807, 2.05) is 12.1 Å². The number of rotatable bonds is 5. The van der Waals surface area contributed by atoms with Gasteiger partial charge >= 0.3 is 0 Å². The minimum absolute atomic E-state index is 0.548. The van der Waals surface area contributed by atoms with Gasteiger partial charge < -0.3 is 0 Å². The van der Waals surface area contributed by atoms with Gasteiger partial charge in [0.2, 0.25) is 0 Å². The van der Waals surface area contributed by atoms with Crippen LogP contribution in [0.25, 0.3) is 5.57 Å². The molecule has 0 aliphatic carbocycles. The van der Waals surface area contributed by atoms with E-state index in [0.717, 1.165) is 18.3 Å². The van der Waals surface area contributed by atoms with E-state index in [1.54, 1.807) is 0 Å². The van der Waals surface area contributed by atoms with Crippen LogP contribution in [0.15, 0.2) is 30.8 Å². The first kappa shape index (κ1) is 10.7. The van der Waals surface area contributed by atoms with Gasteiger partial charge in [0.25, 0.3) is 0 Å². The summed E-state index contributed by atoms with van der Waals surface area (Å²) in [5.74, 6) is 0. The highest BCUT2D eigenvalue weighted by molar-refractivity contribution is 6.05. The fourth-order valence-corrected chi connectivity index (χ4v) is 1.33. The van der Waals surface area contributed by atoms with E-state index < -0.39 is 0 Å². The second kappa shape index (κ2) is 5.38. The maximum Gasteiger partial charge on any atom is 0.150 e. The molecule has 0 aliphatic rings. The van der Waals surface area contributed by atoms with Crippen LogP contribution in [0.1, 0.15) is 30.9 Å². The number of aldehydes is 1. The van der Waals surface area contributed by atoms with Crippen LogP contribution >= 0.6 is 0 Å². The average molecular weight is 188 g/mol. The molecule has 74 valence electrons. The molecule has 0 amide bonds. The lowest BCUT2D eigenvalue weighted by molar-refractivity contribution is -0.103. The Bertz CT molecular complexity index is 309. The Balaban J connectivity index is 2.68. The second-order valence-electron chi connectivity index (χ2n) is 3.44. The zero-order chi connectivity index (χ0) is 10.4. The van der Waals surface area contributed by atoms with Crippen LogP contribution in [0.5, 0.6) is 0 Å². The Morgan fingerprint density at radius 1 is 1.36 bits per heavy atom. The van der Waals surface area contributed by atoms with Crippen molar-refractivity contribution in [2.75, 3.05) is 0 Å². The predicted octanol–water partition coefficient (Wildman–Crippen LogP) is 3.24. The lowest BCUT2D eigenvalue weighted by Crippen LogP contribution is -1.87. The predicted molar refractivity (Wildman–Crippen MR) is 60.2 cm³/mol. The lowest BCUT2D eigenvalue weighted by atomic mass is 10.0. The maximum absolute atomic E-state index is 10.5. The van der Waals surface area contributed by atoms with E-state index in [2.05, 4.69) is 25.6 Å². The van der Waals surface area contributed by atoms with Gasteiger partial charge in [-0.15, -0.1) is 0 Å². The van der Waals surface area contributed by atoms with Gasteiger partial charge in [-0.25, -0.2) is 0 Å². The van der Waals surface area contributed by atoms with E-state index >= 15 is 0 Å². The van der Waals surface area contributed by atoms with Crippen LogP contribution in [0.4, 0.5) is 0 Å². The highest BCUT2D eigenvalue weighted by Gasteiger charge is 1.97. The smallest absolute Gasteiger partial charge is 0.150 e. The van der Waals surface area contributed by atoms with Gasteiger partial charge in [0.05, 0.1) is 0 Å². The third-order valence-corrected chi connectivity index (χ3v) is 2.29. The van der Waals surface area contributed by atoms with E-state index in [1.165, 1.54) is 18.4 Å². The number of hydrogen-bond acceptors (Lipinski definition) is 1. The number of unbranched alkanes of at least 4 members (excludes halogenated alkanes) is 1. The Kier molecular flexibility index (Phi) is 4.11. The molecule has 0 saturated carbocycles. The molecule has 14 heavy (non-hydrogen) atoms. The fourth-order valence-electron chi connectivity index (χ4n) is 1.33. The van der Waals surface area contributed by atoms with Crippen LogP contribution in [-0.4, -0.2) is 6.29 Å². The summed E-state index contributed by atoms with van der Waals surface area (Å²) in [5, 5.41) is 0. The van der Waals surface area contributed by atoms with Gasteiger partial charge in [0, 0.05) is 5.57 Å². The van der Waals surface area contributed by atoms with Gasteiger partial charge in [-0.1, -0.05) is 44.2 Å². The molecule has 0 aliphatic heterocycles. The Labute approximate surface area is 85.5 Å². The molecule has 0 heterocycles. The topological polar surface area (TPSA) is 17.1 Å². The van der Waals surface area contributed by atoms with Crippen molar-refractivity contribution in [3.8, 4) is 0 Å². The van der Waals surface area contributed by atoms with E-state index in [9.17, 15) is 4.79 Å². The number of benzene rings is 1. The molecular weight excluding hydrogens is 172 g/mol. The van der Waals surface area contributed by atoms with Crippen molar-refractivity contribution in [3.05, 3.63) is 42.0 Å². The number of carbonyl (C=O) groups is 1. The summed E-state index contributed by atoms with van der Waals surface area (Å²) < 4.78 is 0. The third kappa shape index (κ3) is 2.84. The highest BCUT2D eigenvalue weighted by Crippen LogP contribution is 2.12. The molecule has 0 saturated heterocycles. The van der Waals surface area contributed by atoms with E-state index in [4.69, 9.17) is 0 Å². The minimum atomic E-state index is 0.548. The Hall–Kier alpha value is -1.37. The molecule has 1 aromatic rings. The van der Waals surface area contributed by atoms with E-state index in [-0.39, 0.29) is 0 Å². The molecular formula is C13H16O. The van der Waals surface area contributed by atoms with Gasteiger partial charge in [0.1, 0.15) is 6.29 Å². The number of aryl methyl sites for hydroxylation is 1. The minimum Gasteiger partial charge on any atom is -0.298 e. The van der Waals surface area contributed by atoms with Crippen molar-refractivity contribution < 1.29 is 4.79 Å². The second-order valence-corrected chi connectivity index (χ2v) is 3.44. The van der Waals surface area contributed by atoms with Gasteiger partial charge in [-0.2, -0.15) is 0 Å². The van der Waals surface area contributed by atoms with Gasteiger partial charge in [0.15, 0.2) is 0 Å². The molecule has 1 aromatic carbocycles. The summed E-state index contributed by atoms with van der Waals surface area (Å²) in [7, 11) is 0. The summed E-state index contributed by atoms with van der Waals surface area (Å²) in [6.07, 6.45) is 4.34. The molecule has 0 unspecified atom stereocenters. The standard InChI is InChI=1S/C13H16O/c1-3-4-5-12-6-8-13(9-7-12)11(2)10-14/h6-10H,2-5H2,1H3. The van der Waals surface area contributed by atoms with Crippen molar-refractivity contribution in [3.63, 3.8) is 0 Å². The summed E-state index contributed by atoms with van der Waals surface area (Å²) in [6.45, 7) is 5.85. The fraction of sp³-hybridized carbons (Fsp3) is 0.308. The largest absolute Gasteiger partial charge is 0.298 e. The SMILES string of the molecule is C=C(C=O)c1ccc(CCCC)cc1. The Morgan fingerprint density at radius 3 is 2.50 bits per heavy atom. The number of allylic oxidation sites excluding steroid dienone is 1.